The number of carbonyl (C=O) groups excluding carboxylic acids is 1. The molecule has 1 aliphatic carbocycles. The van der Waals surface area contributed by atoms with Crippen molar-refractivity contribution in [1.29, 1.82) is 0 Å². The summed E-state index contributed by atoms with van der Waals surface area (Å²) >= 11 is 0. The zero-order valence-corrected chi connectivity index (χ0v) is 19.8. The topological polar surface area (TPSA) is 92.8 Å². The number of amides is 1. The third-order valence-electron chi connectivity index (χ3n) is 6.70. The van der Waals surface area contributed by atoms with E-state index in [0.29, 0.717) is 18.6 Å². The molecule has 0 unspecified atom stereocenters. The number of benzene rings is 1. The van der Waals surface area contributed by atoms with E-state index in [0.717, 1.165) is 44.9 Å². The molecule has 0 radical (unpaired) electrons. The van der Waals surface area contributed by atoms with Gasteiger partial charge in [-0.05, 0) is 51.7 Å². The Kier molecular flexibility index (Phi) is 6.76. The van der Waals surface area contributed by atoms with E-state index >= 15 is 0 Å². The summed E-state index contributed by atoms with van der Waals surface area (Å²) < 4.78 is 34.1. The minimum absolute atomic E-state index is 0.0424. The predicted molar refractivity (Wildman–Crippen MR) is 122 cm³/mol. The van der Waals surface area contributed by atoms with Gasteiger partial charge >= 0.3 is 5.76 Å². The standard InChI is InChI=1S/C23H33N3O5S/c1-17(2)26(18-9-5-3-6-10-18)22(27)16-25-20-12-11-19(15-21(20)31-23(25)28)32(29,30)24-13-7-4-8-14-24/h11-12,15,17-18H,3-10,13-14,16H2,1-2H3. The Balaban J connectivity index is 1.60. The zero-order valence-electron chi connectivity index (χ0n) is 19.0. The summed E-state index contributed by atoms with van der Waals surface area (Å²) in [4.78, 5) is 27.8. The molecule has 1 saturated carbocycles. The molecule has 176 valence electrons. The predicted octanol–water partition coefficient (Wildman–Crippen LogP) is 3.34. The quantitative estimate of drug-likeness (QED) is 0.655. The molecule has 1 amide bonds. The number of aromatic nitrogens is 1. The first-order valence-electron chi connectivity index (χ1n) is 11.7. The summed E-state index contributed by atoms with van der Waals surface area (Å²) in [5.41, 5.74) is 0.628. The van der Waals surface area contributed by atoms with Crippen LogP contribution in [-0.4, -0.2) is 53.3 Å². The van der Waals surface area contributed by atoms with E-state index in [1.165, 1.54) is 27.4 Å². The van der Waals surface area contributed by atoms with Gasteiger partial charge in [-0.15, -0.1) is 0 Å². The van der Waals surface area contributed by atoms with E-state index in [9.17, 15) is 18.0 Å². The molecule has 4 rings (SSSR count). The van der Waals surface area contributed by atoms with Gasteiger partial charge in [-0.1, -0.05) is 25.7 Å². The molecule has 9 heteroatoms. The fourth-order valence-corrected chi connectivity index (χ4v) is 6.63. The second-order valence-electron chi connectivity index (χ2n) is 9.23. The molecule has 0 bridgehead atoms. The number of oxazole rings is 1. The van der Waals surface area contributed by atoms with Crippen molar-refractivity contribution in [2.24, 2.45) is 0 Å². The molecule has 32 heavy (non-hydrogen) atoms. The van der Waals surface area contributed by atoms with Crippen molar-refractivity contribution in [3.63, 3.8) is 0 Å². The second kappa shape index (κ2) is 9.39. The minimum atomic E-state index is -3.63. The van der Waals surface area contributed by atoms with Gasteiger partial charge in [-0.2, -0.15) is 4.31 Å². The average molecular weight is 464 g/mol. The van der Waals surface area contributed by atoms with Crippen molar-refractivity contribution < 1.29 is 17.6 Å². The van der Waals surface area contributed by atoms with Gasteiger partial charge in [-0.25, -0.2) is 13.2 Å². The molecular formula is C23H33N3O5S. The molecule has 2 aliphatic rings. The van der Waals surface area contributed by atoms with Crippen molar-refractivity contribution >= 4 is 27.0 Å². The van der Waals surface area contributed by atoms with Crippen LogP contribution in [0.1, 0.15) is 65.2 Å². The fraction of sp³-hybridized carbons (Fsp3) is 0.652. The summed E-state index contributed by atoms with van der Waals surface area (Å²) in [7, 11) is -3.63. The van der Waals surface area contributed by atoms with Crippen molar-refractivity contribution in [1.82, 2.24) is 13.8 Å². The summed E-state index contributed by atoms with van der Waals surface area (Å²) in [6, 6.07) is 4.73. The van der Waals surface area contributed by atoms with Gasteiger partial charge in [0.2, 0.25) is 15.9 Å². The highest BCUT2D eigenvalue weighted by atomic mass is 32.2. The lowest BCUT2D eigenvalue weighted by molar-refractivity contribution is -0.137. The van der Waals surface area contributed by atoms with Crippen molar-refractivity contribution in [2.75, 3.05) is 13.1 Å². The number of hydrogen-bond donors (Lipinski definition) is 0. The fourth-order valence-electron chi connectivity index (χ4n) is 5.10. The Bertz CT molecular complexity index is 1120. The smallest absolute Gasteiger partial charge is 0.408 e. The number of fused-ring (bicyclic) bond motifs is 1. The first-order chi connectivity index (χ1) is 15.3. The molecule has 1 aliphatic heterocycles. The van der Waals surface area contributed by atoms with Crippen molar-refractivity contribution in [3.8, 4) is 0 Å². The second-order valence-corrected chi connectivity index (χ2v) is 11.2. The summed E-state index contributed by atoms with van der Waals surface area (Å²) in [5.74, 6) is -0.755. The number of hydrogen-bond acceptors (Lipinski definition) is 5. The molecule has 1 aromatic heterocycles. The SMILES string of the molecule is CC(C)N(C(=O)Cn1c(=O)oc2cc(S(=O)(=O)N3CCCCC3)ccc21)C1CCCCC1. The Morgan fingerprint density at radius 2 is 1.75 bits per heavy atom. The first kappa shape index (κ1) is 23.0. The highest BCUT2D eigenvalue weighted by Gasteiger charge is 2.30. The van der Waals surface area contributed by atoms with Gasteiger partial charge in [0.15, 0.2) is 5.58 Å². The summed E-state index contributed by atoms with van der Waals surface area (Å²) in [6.45, 7) is 4.90. The van der Waals surface area contributed by atoms with Gasteiger partial charge < -0.3 is 9.32 Å². The van der Waals surface area contributed by atoms with E-state index in [4.69, 9.17) is 4.42 Å². The largest absolute Gasteiger partial charge is 0.420 e. The monoisotopic (exact) mass is 463 g/mol. The highest BCUT2D eigenvalue weighted by molar-refractivity contribution is 7.89. The van der Waals surface area contributed by atoms with Crippen LogP contribution in [0.4, 0.5) is 0 Å². The van der Waals surface area contributed by atoms with Gasteiger partial charge in [0.05, 0.1) is 10.4 Å². The maximum Gasteiger partial charge on any atom is 0.420 e. The van der Waals surface area contributed by atoms with E-state index in [-0.39, 0.29) is 35.0 Å². The molecule has 0 N–H and O–H groups in total. The lowest BCUT2D eigenvalue weighted by Crippen LogP contribution is -2.47. The Labute approximate surface area is 189 Å². The van der Waals surface area contributed by atoms with Crippen LogP contribution < -0.4 is 5.76 Å². The van der Waals surface area contributed by atoms with Crippen LogP contribution in [0, 0.1) is 0 Å². The van der Waals surface area contributed by atoms with E-state index in [1.54, 1.807) is 6.07 Å². The van der Waals surface area contributed by atoms with Crippen LogP contribution in [-0.2, 0) is 21.4 Å². The van der Waals surface area contributed by atoms with Gasteiger partial charge in [0, 0.05) is 31.2 Å². The molecular weight excluding hydrogens is 430 g/mol. The number of sulfonamides is 1. The maximum absolute atomic E-state index is 13.2. The van der Waals surface area contributed by atoms with Crippen LogP contribution in [0.5, 0.6) is 0 Å². The molecule has 8 nitrogen and oxygen atoms in total. The normalized spacial score (nSPS) is 19.0. The van der Waals surface area contributed by atoms with Crippen LogP contribution in [0.25, 0.3) is 11.1 Å². The Morgan fingerprint density at radius 1 is 1.09 bits per heavy atom. The summed E-state index contributed by atoms with van der Waals surface area (Å²) in [6.07, 6.45) is 8.14. The lowest BCUT2D eigenvalue weighted by atomic mass is 9.93. The number of rotatable bonds is 6. The van der Waals surface area contributed by atoms with Gasteiger partial charge in [0.25, 0.3) is 0 Å². The molecule has 0 spiro atoms. The summed E-state index contributed by atoms with van der Waals surface area (Å²) in [5, 5.41) is 0. The van der Waals surface area contributed by atoms with Crippen molar-refractivity contribution in [3.05, 3.63) is 28.7 Å². The van der Waals surface area contributed by atoms with Crippen LogP contribution in [0.15, 0.2) is 32.3 Å². The lowest BCUT2D eigenvalue weighted by Gasteiger charge is -2.37. The molecule has 1 saturated heterocycles. The minimum Gasteiger partial charge on any atom is -0.408 e. The molecule has 2 heterocycles. The van der Waals surface area contributed by atoms with E-state index < -0.39 is 15.8 Å². The highest BCUT2D eigenvalue weighted by Crippen LogP contribution is 2.26. The molecule has 2 aromatic rings. The van der Waals surface area contributed by atoms with Crippen LogP contribution in [0.3, 0.4) is 0 Å². The maximum atomic E-state index is 13.2. The molecule has 1 aromatic carbocycles. The third-order valence-corrected chi connectivity index (χ3v) is 8.59. The third kappa shape index (κ3) is 4.50. The number of piperidine rings is 1. The van der Waals surface area contributed by atoms with Gasteiger partial charge in [0.1, 0.15) is 6.54 Å². The average Bonchev–Trinajstić information content (AvgIpc) is 3.09. The number of nitrogens with zero attached hydrogens (tertiary/aromatic N) is 3. The first-order valence-corrected chi connectivity index (χ1v) is 13.2. The van der Waals surface area contributed by atoms with Crippen LogP contribution in [0.2, 0.25) is 0 Å². The number of carbonyl (C=O) groups is 1. The van der Waals surface area contributed by atoms with Crippen molar-refractivity contribution in [2.45, 2.75) is 88.7 Å². The molecule has 2 fully saturated rings. The van der Waals surface area contributed by atoms with E-state index in [2.05, 4.69) is 0 Å². The Morgan fingerprint density at radius 3 is 2.41 bits per heavy atom. The zero-order chi connectivity index (χ0) is 22.9. The van der Waals surface area contributed by atoms with E-state index in [1.807, 2.05) is 18.7 Å². The molecule has 0 atom stereocenters. The van der Waals surface area contributed by atoms with Crippen LogP contribution >= 0.6 is 0 Å². The Hall–Kier alpha value is -2.13. The van der Waals surface area contributed by atoms with Gasteiger partial charge in [-0.3, -0.25) is 9.36 Å².